The zero-order chi connectivity index (χ0) is 14.4. The first-order chi connectivity index (χ1) is 9.70. The third kappa shape index (κ3) is 3.61. The van der Waals surface area contributed by atoms with Gasteiger partial charge < -0.3 is 19.2 Å². The lowest BCUT2D eigenvalue weighted by Crippen LogP contribution is -2.32. The fourth-order valence-corrected chi connectivity index (χ4v) is 1.89. The number of hydrogen-bond donors (Lipinski definition) is 1. The van der Waals surface area contributed by atoms with E-state index < -0.39 is 0 Å². The van der Waals surface area contributed by atoms with Crippen LogP contribution in [0.25, 0.3) is 0 Å². The number of nitrogens with zero attached hydrogens (tertiary/aromatic N) is 1. The second-order valence-corrected chi connectivity index (χ2v) is 4.39. The van der Waals surface area contributed by atoms with Gasteiger partial charge in [-0.25, -0.2) is 0 Å². The van der Waals surface area contributed by atoms with E-state index in [1.54, 1.807) is 41.5 Å². The van der Waals surface area contributed by atoms with Gasteiger partial charge >= 0.3 is 0 Å². The highest BCUT2D eigenvalue weighted by Crippen LogP contribution is 2.19. The number of carbonyl (C=O) groups is 1. The van der Waals surface area contributed by atoms with Crippen LogP contribution in [0.1, 0.15) is 11.3 Å². The SMILES string of the molecule is COCC(=O)N(Cc1ccco1)Cc1ccccc1O. The molecule has 1 aromatic heterocycles. The predicted octanol–water partition coefficient (Wildman–Crippen LogP) is 2.16. The van der Waals surface area contributed by atoms with Crippen LogP contribution in [-0.4, -0.2) is 29.6 Å². The summed E-state index contributed by atoms with van der Waals surface area (Å²) in [6.45, 7) is 0.632. The summed E-state index contributed by atoms with van der Waals surface area (Å²) in [5.74, 6) is 0.694. The Hall–Kier alpha value is -2.27. The molecule has 0 atom stereocenters. The molecule has 0 aliphatic carbocycles. The first-order valence-corrected chi connectivity index (χ1v) is 6.26. The molecule has 20 heavy (non-hydrogen) atoms. The van der Waals surface area contributed by atoms with Gasteiger partial charge in [0.25, 0.3) is 0 Å². The fourth-order valence-electron chi connectivity index (χ4n) is 1.89. The molecule has 5 nitrogen and oxygen atoms in total. The number of benzene rings is 1. The minimum atomic E-state index is -0.160. The molecule has 5 heteroatoms. The van der Waals surface area contributed by atoms with Crippen LogP contribution in [0.3, 0.4) is 0 Å². The number of ether oxygens (including phenoxy) is 1. The van der Waals surface area contributed by atoms with Crippen LogP contribution in [-0.2, 0) is 22.6 Å². The Kier molecular flexibility index (Phi) is 4.79. The summed E-state index contributed by atoms with van der Waals surface area (Å²) in [5.41, 5.74) is 0.684. The van der Waals surface area contributed by atoms with E-state index in [-0.39, 0.29) is 18.3 Å². The molecule has 1 aromatic carbocycles. The standard InChI is InChI=1S/C15H17NO4/c1-19-11-15(18)16(10-13-6-4-8-20-13)9-12-5-2-3-7-14(12)17/h2-8,17H,9-11H2,1H3. The van der Waals surface area contributed by atoms with Gasteiger partial charge in [-0.2, -0.15) is 0 Å². The van der Waals surface area contributed by atoms with Crippen LogP contribution < -0.4 is 0 Å². The fraction of sp³-hybridized carbons (Fsp3) is 0.267. The van der Waals surface area contributed by atoms with Crippen LogP contribution in [0.15, 0.2) is 47.1 Å². The summed E-state index contributed by atoms with van der Waals surface area (Å²) in [7, 11) is 1.48. The first-order valence-electron chi connectivity index (χ1n) is 6.26. The zero-order valence-electron chi connectivity index (χ0n) is 11.3. The predicted molar refractivity (Wildman–Crippen MR) is 72.9 cm³/mol. The lowest BCUT2D eigenvalue weighted by atomic mass is 10.2. The molecule has 2 aromatic rings. The number of methoxy groups -OCH3 is 1. The zero-order valence-corrected chi connectivity index (χ0v) is 11.3. The Morgan fingerprint density at radius 2 is 2.05 bits per heavy atom. The van der Waals surface area contributed by atoms with Crippen LogP contribution in [0.5, 0.6) is 5.75 Å². The van der Waals surface area contributed by atoms with E-state index in [2.05, 4.69) is 0 Å². The second kappa shape index (κ2) is 6.77. The molecule has 0 spiro atoms. The molecule has 1 N–H and O–H groups in total. The van der Waals surface area contributed by atoms with E-state index in [0.29, 0.717) is 24.4 Å². The molecule has 0 bridgehead atoms. The van der Waals surface area contributed by atoms with Gasteiger partial charge in [0.05, 0.1) is 12.8 Å². The highest BCUT2D eigenvalue weighted by atomic mass is 16.5. The van der Waals surface area contributed by atoms with Crippen LogP contribution in [0.4, 0.5) is 0 Å². The van der Waals surface area contributed by atoms with Gasteiger partial charge in [0.2, 0.25) is 5.91 Å². The van der Waals surface area contributed by atoms with Crippen molar-refractivity contribution < 1.29 is 19.1 Å². The van der Waals surface area contributed by atoms with Crippen LogP contribution in [0.2, 0.25) is 0 Å². The minimum absolute atomic E-state index is 0.00565. The van der Waals surface area contributed by atoms with Crippen LogP contribution >= 0.6 is 0 Å². The van der Waals surface area contributed by atoms with Crippen molar-refractivity contribution in [3.63, 3.8) is 0 Å². The van der Waals surface area contributed by atoms with Gasteiger partial charge in [0.1, 0.15) is 18.1 Å². The van der Waals surface area contributed by atoms with Crippen molar-refractivity contribution in [3.8, 4) is 5.75 Å². The molecular formula is C15H17NO4. The van der Waals surface area contributed by atoms with Gasteiger partial charge in [0, 0.05) is 19.2 Å². The van der Waals surface area contributed by atoms with Gasteiger partial charge in [0.15, 0.2) is 0 Å². The Labute approximate surface area is 117 Å². The summed E-state index contributed by atoms with van der Waals surface area (Å²) in [6, 6.07) is 10.5. The molecule has 0 aliphatic rings. The molecule has 0 saturated heterocycles. The van der Waals surface area contributed by atoms with Gasteiger partial charge in [-0.3, -0.25) is 4.79 Å². The van der Waals surface area contributed by atoms with Crippen molar-refractivity contribution in [3.05, 3.63) is 54.0 Å². The highest BCUT2D eigenvalue weighted by molar-refractivity contribution is 5.77. The molecule has 0 radical (unpaired) electrons. The Morgan fingerprint density at radius 1 is 1.25 bits per heavy atom. The maximum Gasteiger partial charge on any atom is 0.249 e. The lowest BCUT2D eigenvalue weighted by molar-refractivity contribution is -0.136. The Balaban J connectivity index is 2.14. The largest absolute Gasteiger partial charge is 0.508 e. The molecule has 1 amide bonds. The van der Waals surface area contributed by atoms with E-state index in [1.807, 2.05) is 6.07 Å². The summed E-state index contributed by atoms with van der Waals surface area (Å²) in [6.07, 6.45) is 1.56. The number of amides is 1. The number of hydrogen-bond acceptors (Lipinski definition) is 4. The lowest BCUT2D eigenvalue weighted by Gasteiger charge is -2.22. The van der Waals surface area contributed by atoms with Crippen molar-refractivity contribution in [1.29, 1.82) is 0 Å². The molecular weight excluding hydrogens is 258 g/mol. The van der Waals surface area contributed by atoms with Gasteiger partial charge in [-0.1, -0.05) is 18.2 Å². The first kappa shape index (κ1) is 14.1. The van der Waals surface area contributed by atoms with E-state index in [9.17, 15) is 9.90 Å². The van der Waals surface area contributed by atoms with Crippen molar-refractivity contribution >= 4 is 5.91 Å². The topological polar surface area (TPSA) is 62.9 Å². The number of furan rings is 1. The number of phenolic OH excluding ortho intramolecular Hbond substituents is 1. The van der Waals surface area contributed by atoms with Crippen molar-refractivity contribution in [2.45, 2.75) is 13.1 Å². The van der Waals surface area contributed by atoms with Gasteiger partial charge in [-0.05, 0) is 18.2 Å². The molecule has 0 fully saturated rings. The molecule has 0 saturated carbocycles. The quantitative estimate of drug-likeness (QED) is 0.877. The molecule has 106 valence electrons. The highest BCUT2D eigenvalue weighted by Gasteiger charge is 2.17. The third-order valence-electron chi connectivity index (χ3n) is 2.90. The normalized spacial score (nSPS) is 10.4. The van der Waals surface area contributed by atoms with Crippen molar-refractivity contribution in [2.24, 2.45) is 0 Å². The van der Waals surface area contributed by atoms with E-state index >= 15 is 0 Å². The monoisotopic (exact) mass is 275 g/mol. The smallest absolute Gasteiger partial charge is 0.249 e. The average Bonchev–Trinajstić information content (AvgIpc) is 2.93. The number of para-hydroxylation sites is 1. The minimum Gasteiger partial charge on any atom is -0.508 e. The summed E-state index contributed by atoms with van der Waals surface area (Å²) in [4.78, 5) is 13.6. The summed E-state index contributed by atoms with van der Waals surface area (Å²) in [5, 5.41) is 9.80. The van der Waals surface area contributed by atoms with E-state index in [1.165, 1.54) is 7.11 Å². The Morgan fingerprint density at radius 3 is 2.70 bits per heavy atom. The second-order valence-electron chi connectivity index (χ2n) is 4.39. The summed E-state index contributed by atoms with van der Waals surface area (Å²) >= 11 is 0. The Bertz CT molecular complexity index is 551. The molecule has 0 unspecified atom stereocenters. The average molecular weight is 275 g/mol. The van der Waals surface area contributed by atoms with E-state index in [4.69, 9.17) is 9.15 Å². The maximum atomic E-state index is 12.1. The van der Waals surface area contributed by atoms with Crippen molar-refractivity contribution in [1.82, 2.24) is 4.90 Å². The van der Waals surface area contributed by atoms with Gasteiger partial charge in [-0.15, -0.1) is 0 Å². The number of carbonyl (C=O) groups excluding carboxylic acids is 1. The molecule has 2 rings (SSSR count). The maximum absolute atomic E-state index is 12.1. The summed E-state index contributed by atoms with van der Waals surface area (Å²) < 4.78 is 10.2. The molecule has 0 aliphatic heterocycles. The molecule has 1 heterocycles. The number of rotatable bonds is 6. The van der Waals surface area contributed by atoms with E-state index in [0.717, 1.165) is 0 Å². The number of phenols is 1. The third-order valence-corrected chi connectivity index (χ3v) is 2.90. The number of aromatic hydroxyl groups is 1. The van der Waals surface area contributed by atoms with Crippen molar-refractivity contribution in [2.75, 3.05) is 13.7 Å². The van der Waals surface area contributed by atoms with Crippen LogP contribution in [0, 0.1) is 0 Å².